The Labute approximate surface area is 117 Å². The van der Waals surface area contributed by atoms with E-state index in [2.05, 4.69) is 9.97 Å². The summed E-state index contributed by atoms with van der Waals surface area (Å²) in [7, 11) is 3.17. The Morgan fingerprint density at radius 2 is 1.90 bits per heavy atom. The molecule has 0 saturated carbocycles. The van der Waals surface area contributed by atoms with Crippen LogP contribution in [0.1, 0.15) is 18.3 Å². The number of aryl methyl sites for hydroxylation is 1. The van der Waals surface area contributed by atoms with Gasteiger partial charge in [0, 0.05) is 17.5 Å². The van der Waals surface area contributed by atoms with Gasteiger partial charge in [0.15, 0.2) is 11.5 Å². The molecule has 0 fully saturated rings. The highest BCUT2D eigenvalue weighted by Crippen LogP contribution is 2.32. The highest BCUT2D eigenvalue weighted by molar-refractivity contribution is 5.66. The molecule has 106 valence electrons. The summed E-state index contributed by atoms with van der Waals surface area (Å²) in [6, 6.07) is 5.50. The molecule has 1 aromatic heterocycles. The van der Waals surface area contributed by atoms with E-state index < -0.39 is 0 Å². The first-order valence-corrected chi connectivity index (χ1v) is 6.42. The van der Waals surface area contributed by atoms with Crippen molar-refractivity contribution in [2.24, 2.45) is 0 Å². The number of rotatable bonds is 4. The molecule has 0 unspecified atom stereocenters. The second-order valence-corrected chi connectivity index (χ2v) is 4.41. The fourth-order valence-electron chi connectivity index (χ4n) is 2.01. The summed E-state index contributed by atoms with van der Waals surface area (Å²) in [6.07, 6.45) is 0.676. The normalized spacial score (nSPS) is 10.4. The van der Waals surface area contributed by atoms with Crippen molar-refractivity contribution in [3.05, 3.63) is 39.9 Å². The van der Waals surface area contributed by atoms with Crippen molar-refractivity contribution < 1.29 is 9.47 Å². The average molecular weight is 274 g/mol. The van der Waals surface area contributed by atoms with Crippen molar-refractivity contribution >= 4 is 0 Å². The lowest BCUT2D eigenvalue weighted by atomic mass is 10.1. The zero-order valence-corrected chi connectivity index (χ0v) is 12.1. The Morgan fingerprint density at radius 3 is 2.50 bits per heavy atom. The van der Waals surface area contributed by atoms with Crippen molar-refractivity contribution in [3.8, 4) is 22.8 Å². The van der Waals surface area contributed by atoms with Gasteiger partial charge < -0.3 is 14.5 Å². The van der Waals surface area contributed by atoms with Crippen LogP contribution >= 0.6 is 0 Å². The van der Waals surface area contributed by atoms with Crippen LogP contribution in [0.25, 0.3) is 11.3 Å². The molecule has 20 heavy (non-hydrogen) atoms. The van der Waals surface area contributed by atoms with Crippen LogP contribution in [0.4, 0.5) is 0 Å². The number of hydrogen-bond donors (Lipinski definition) is 1. The summed E-state index contributed by atoms with van der Waals surface area (Å²) in [5.41, 5.74) is 1.99. The quantitative estimate of drug-likeness (QED) is 0.929. The summed E-state index contributed by atoms with van der Waals surface area (Å²) < 4.78 is 10.5. The maximum Gasteiger partial charge on any atom is 0.254 e. The molecular weight excluding hydrogens is 256 g/mol. The van der Waals surface area contributed by atoms with E-state index in [1.54, 1.807) is 21.1 Å². The number of nitrogens with zero attached hydrogens (tertiary/aromatic N) is 1. The smallest absolute Gasteiger partial charge is 0.254 e. The molecule has 0 bridgehead atoms. The predicted molar refractivity (Wildman–Crippen MR) is 77.5 cm³/mol. The Hall–Kier alpha value is -2.30. The molecule has 0 aliphatic rings. The molecule has 5 nitrogen and oxygen atoms in total. The van der Waals surface area contributed by atoms with E-state index in [4.69, 9.17) is 9.47 Å². The van der Waals surface area contributed by atoms with E-state index in [9.17, 15) is 4.79 Å². The molecule has 0 saturated heterocycles. The summed E-state index contributed by atoms with van der Waals surface area (Å²) in [5.74, 6) is 1.93. The van der Waals surface area contributed by atoms with Gasteiger partial charge in [-0.2, -0.15) is 0 Å². The third kappa shape index (κ3) is 2.52. The maximum absolute atomic E-state index is 11.9. The number of aromatic amines is 1. The van der Waals surface area contributed by atoms with Gasteiger partial charge in [0.05, 0.1) is 19.9 Å². The summed E-state index contributed by atoms with van der Waals surface area (Å²) in [6.45, 7) is 3.71. The van der Waals surface area contributed by atoms with E-state index in [1.807, 2.05) is 25.1 Å². The Morgan fingerprint density at radius 1 is 1.20 bits per heavy atom. The lowest BCUT2D eigenvalue weighted by Crippen LogP contribution is -2.15. The number of nitrogens with one attached hydrogen (secondary N) is 1. The highest BCUT2D eigenvalue weighted by Gasteiger charge is 2.12. The summed E-state index contributed by atoms with van der Waals surface area (Å²) in [4.78, 5) is 19.2. The van der Waals surface area contributed by atoms with Gasteiger partial charge in [0.2, 0.25) is 0 Å². The van der Waals surface area contributed by atoms with Crippen molar-refractivity contribution in [2.45, 2.75) is 20.3 Å². The molecule has 1 N–H and O–H groups in total. The molecule has 0 atom stereocenters. The zero-order valence-electron chi connectivity index (χ0n) is 12.1. The van der Waals surface area contributed by atoms with Gasteiger partial charge in [-0.15, -0.1) is 0 Å². The molecule has 0 amide bonds. The Bertz CT molecular complexity index is 677. The van der Waals surface area contributed by atoms with Crippen LogP contribution in [0.3, 0.4) is 0 Å². The number of hydrogen-bond acceptors (Lipinski definition) is 4. The lowest BCUT2D eigenvalue weighted by molar-refractivity contribution is 0.355. The first-order valence-electron chi connectivity index (χ1n) is 6.42. The minimum Gasteiger partial charge on any atom is -0.493 e. The second-order valence-electron chi connectivity index (χ2n) is 4.41. The average Bonchev–Trinajstić information content (AvgIpc) is 2.49. The van der Waals surface area contributed by atoms with Gasteiger partial charge in [-0.25, -0.2) is 4.98 Å². The summed E-state index contributed by atoms with van der Waals surface area (Å²) >= 11 is 0. The van der Waals surface area contributed by atoms with Gasteiger partial charge in [-0.05, 0) is 25.1 Å². The maximum atomic E-state index is 11.9. The number of aromatic nitrogens is 2. The third-order valence-corrected chi connectivity index (χ3v) is 3.19. The molecule has 1 heterocycles. The summed E-state index contributed by atoms with van der Waals surface area (Å²) in [5, 5.41) is 0. The van der Waals surface area contributed by atoms with E-state index in [1.165, 1.54) is 0 Å². The number of ether oxygens (including phenoxy) is 2. The molecule has 5 heteroatoms. The van der Waals surface area contributed by atoms with Crippen LogP contribution in [-0.2, 0) is 6.42 Å². The van der Waals surface area contributed by atoms with Crippen molar-refractivity contribution in [1.29, 1.82) is 0 Å². The molecule has 0 spiro atoms. The first-order chi connectivity index (χ1) is 9.60. The SMILES string of the molecule is CCc1nc(-c2ccc(OC)c(OC)c2)c(C)c(=O)[nH]1. The topological polar surface area (TPSA) is 64.2 Å². The minimum absolute atomic E-state index is 0.110. The van der Waals surface area contributed by atoms with Crippen LogP contribution in [-0.4, -0.2) is 24.2 Å². The molecule has 2 aromatic rings. The van der Waals surface area contributed by atoms with Crippen molar-refractivity contribution in [3.63, 3.8) is 0 Å². The van der Waals surface area contributed by atoms with Crippen LogP contribution in [0.5, 0.6) is 11.5 Å². The zero-order chi connectivity index (χ0) is 14.7. The monoisotopic (exact) mass is 274 g/mol. The molecule has 0 aliphatic carbocycles. The number of H-pyrrole nitrogens is 1. The minimum atomic E-state index is -0.110. The largest absolute Gasteiger partial charge is 0.493 e. The van der Waals surface area contributed by atoms with Gasteiger partial charge in [-0.1, -0.05) is 6.92 Å². The molecule has 0 aliphatic heterocycles. The Balaban J connectivity index is 2.62. The van der Waals surface area contributed by atoms with E-state index in [-0.39, 0.29) is 5.56 Å². The third-order valence-electron chi connectivity index (χ3n) is 3.19. The van der Waals surface area contributed by atoms with E-state index >= 15 is 0 Å². The van der Waals surface area contributed by atoms with Crippen molar-refractivity contribution in [2.75, 3.05) is 14.2 Å². The van der Waals surface area contributed by atoms with Gasteiger partial charge >= 0.3 is 0 Å². The van der Waals surface area contributed by atoms with E-state index in [0.29, 0.717) is 35.0 Å². The van der Waals surface area contributed by atoms with Crippen LogP contribution < -0.4 is 15.0 Å². The molecular formula is C15H18N2O3. The second kappa shape index (κ2) is 5.77. The van der Waals surface area contributed by atoms with Crippen LogP contribution in [0.2, 0.25) is 0 Å². The number of benzene rings is 1. The number of methoxy groups -OCH3 is 2. The molecule has 0 radical (unpaired) electrons. The van der Waals surface area contributed by atoms with E-state index in [0.717, 1.165) is 5.56 Å². The Kier molecular flexibility index (Phi) is 4.08. The molecule has 2 rings (SSSR count). The standard InChI is InChI=1S/C15H18N2O3/c1-5-13-16-14(9(2)15(18)17-13)10-6-7-11(19-3)12(8-10)20-4/h6-8H,5H2,1-4H3,(H,16,17,18). The fourth-order valence-corrected chi connectivity index (χ4v) is 2.01. The predicted octanol–water partition coefficient (Wildman–Crippen LogP) is 2.32. The van der Waals surface area contributed by atoms with Crippen LogP contribution in [0.15, 0.2) is 23.0 Å². The van der Waals surface area contributed by atoms with Gasteiger partial charge in [0.25, 0.3) is 5.56 Å². The van der Waals surface area contributed by atoms with Gasteiger partial charge in [-0.3, -0.25) is 4.79 Å². The van der Waals surface area contributed by atoms with Gasteiger partial charge in [0.1, 0.15) is 5.82 Å². The fraction of sp³-hybridized carbons (Fsp3) is 0.333. The lowest BCUT2D eigenvalue weighted by Gasteiger charge is -2.11. The first kappa shape index (κ1) is 14.1. The van der Waals surface area contributed by atoms with Crippen LogP contribution in [0, 0.1) is 6.92 Å². The molecule has 1 aromatic carbocycles. The van der Waals surface area contributed by atoms with Crippen molar-refractivity contribution in [1.82, 2.24) is 9.97 Å². The highest BCUT2D eigenvalue weighted by atomic mass is 16.5.